The molecule has 10 N–H and O–H groups in total. The first-order valence-corrected chi connectivity index (χ1v) is 13.4. The molecule has 44 heavy (non-hydrogen) atoms. The van der Waals surface area contributed by atoms with Gasteiger partial charge in [-0.3, -0.25) is 4.79 Å². The van der Waals surface area contributed by atoms with E-state index in [0.29, 0.717) is 0 Å². The van der Waals surface area contributed by atoms with Crippen LogP contribution >= 0.6 is 0 Å². The van der Waals surface area contributed by atoms with Gasteiger partial charge in [-0.1, -0.05) is 0 Å². The minimum Gasteiger partial charge on any atom is -0.508 e. The van der Waals surface area contributed by atoms with Crippen LogP contribution in [0.15, 0.2) is 39.5 Å². The Labute approximate surface area is 247 Å². The molecule has 0 bridgehead atoms. The zero-order chi connectivity index (χ0) is 32.2. The Hall–Kier alpha value is -3.71. The molecule has 2 aromatic carbocycles. The fraction of sp³-hybridized carbons (Fsp3) is 0.464. The highest BCUT2D eigenvalue weighted by molar-refractivity contribution is 5.88. The highest BCUT2D eigenvalue weighted by Gasteiger charge is 2.65. The summed E-state index contributed by atoms with van der Waals surface area (Å²) < 4.78 is 28.6. The molecule has 240 valence electrons. The second-order valence-corrected chi connectivity index (χ2v) is 10.6. The van der Waals surface area contributed by atoms with Gasteiger partial charge in [-0.25, -0.2) is 0 Å². The smallest absolute Gasteiger partial charge is 0.269 e. The van der Waals surface area contributed by atoms with Crippen LogP contribution in [0.3, 0.4) is 0 Å². The van der Waals surface area contributed by atoms with Gasteiger partial charge in [0.05, 0.1) is 19.8 Å². The number of aliphatic hydroxyl groups excluding tert-OH is 7. The molecule has 2 fully saturated rings. The standard InChI is InChI=1S/C28H32O16/c1-9-18(33)22(37)26(39)28(43-9,27-23(38)21(36)19(34)16(8-29)42-27)44-25-20(35)17-13(32)6-11(30)7-15(17)41-24(25)10-3-4-12(31)14(5-10)40-2/h3-7,9,16,18-19,21-23,26-27,29-34,36-39H,8H2,1-2H3/t9-,16-,18-,19+,21+,22-,23-,26-,27-,28-/m0/s1. The first-order valence-electron chi connectivity index (χ1n) is 13.4. The first-order chi connectivity index (χ1) is 20.7. The molecule has 0 aliphatic carbocycles. The highest BCUT2D eigenvalue weighted by Crippen LogP contribution is 2.44. The maximum absolute atomic E-state index is 14.0. The highest BCUT2D eigenvalue weighted by atomic mass is 16.7. The molecule has 0 radical (unpaired) electrons. The minimum atomic E-state index is -2.88. The molecular formula is C28H32O16. The summed E-state index contributed by atoms with van der Waals surface area (Å²) in [6.45, 7) is 0.355. The predicted molar refractivity (Wildman–Crippen MR) is 145 cm³/mol. The molecule has 2 aliphatic rings. The van der Waals surface area contributed by atoms with Crippen molar-refractivity contribution in [3.8, 4) is 40.1 Å². The van der Waals surface area contributed by atoms with Crippen LogP contribution in [0.5, 0.6) is 28.7 Å². The summed E-state index contributed by atoms with van der Waals surface area (Å²) in [5, 5.41) is 105. The van der Waals surface area contributed by atoms with E-state index in [2.05, 4.69) is 0 Å². The quantitative estimate of drug-likeness (QED) is 0.142. The van der Waals surface area contributed by atoms with Gasteiger partial charge in [0.15, 0.2) is 29.5 Å². The largest absolute Gasteiger partial charge is 0.508 e. The molecule has 2 saturated heterocycles. The van der Waals surface area contributed by atoms with E-state index in [-0.39, 0.29) is 22.6 Å². The van der Waals surface area contributed by atoms with E-state index in [1.54, 1.807) is 0 Å². The van der Waals surface area contributed by atoms with Crippen molar-refractivity contribution in [1.82, 2.24) is 0 Å². The molecule has 0 amide bonds. The van der Waals surface area contributed by atoms with Crippen molar-refractivity contribution < 1.29 is 74.4 Å². The second kappa shape index (κ2) is 11.7. The van der Waals surface area contributed by atoms with Crippen molar-refractivity contribution in [2.75, 3.05) is 13.7 Å². The van der Waals surface area contributed by atoms with Crippen molar-refractivity contribution in [3.05, 3.63) is 40.6 Å². The average molecular weight is 625 g/mol. The number of phenolic OH excluding ortho intramolecular Hbond substituents is 3. The molecule has 0 saturated carbocycles. The Balaban J connectivity index is 1.80. The minimum absolute atomic E-state index is 0.000587. The van der Waals surface area contributed by atoms with Crippen molar-refractivity contribution in [3.63, 3.8) is 0 Å². The van der Waals surface area contributed by atoms with E-state index in [1.807, 2.05) is 0 Å². The number of ether oxygens (including phenoxy) is 4. The Morgan fingerprint density at radius 3 is 2.25 bits per heavy atom. The summed E-state index contributed by atoms with van der Waals surface area (Å²) in [5.41, 5.74) is -1.46. The Bertz CT molecular complexity index is 1590. The number of methoxy groups -OCH3 is 1. The number of hydrogen-bond donors (Lipinski definition) is 10. The fourth-order valence-electron chi connectivity index (χ4n) is 5.47. The van der Waals surface area contributed by atoms with Crippen LogP contribution < -0.4 is 14.9 Å². The van der Waals surface area contributed by atoms with Crippen LogP contribution in [0.4, 0.5) is 0 Å². The normalized spacial score (nSPS) is 34.2. The molecule has 16 heteroatoms. The van der Waals surface area contributed by atoms with Crippen molar-refractivity contribution >= 4 is 11.0 Å². The number of rotatable bonds is 6. The molecule has 3 aromatic rings. The number of hydrogen-bond acceptors (Lipinski definition) is 16. The second-order valence-electron chi connectivity index (χ2n) is 10.6. The summed E-state index contributed by atoms with van der Waals surface area (Å²) in [5.74, 6) is -5.78. The zero-order valence-electron chi connectivity index (χ0n) is 23.2. The number of fused-ring (bicyclic) bond motifs is 1. The molecule has 3 heterocycles. The van der Waals surface area contributed by atoms with Gasteiger partial charge in [-0.2, -0.15) is 0 Å². The molecule has 2 aliphatic heterocycles. The maximum Gasteiger partial charge on any atom is 0.269 e. The molecule has 16 nitrogen and oxygen atoms in total. The zero-order valence-corrected chi connectivity index (χ0v) is 23.2. The number of aliphatic hydroxyl groups is 7. The summed E-state index contributed by atoms with van der Waals surface area (Å²) in [6.07, 6.45) is -17.2. The Kier molecular flexibility index (Phi) is 8.40. The van der Waals surface area contributed by atoms with Crippen molar-refractivity contribution in [2.45, 2.75) is 67.6 Å². The van der Waals surface area contributed by atoms with E-state index < -0.39 is 101 Å². The lowest BCUT2D eigenvalue weighted by Gasteiger charge is -2.54. The summed E-state index contributed by atoms with van der Waals surface area (Å²) >= 11 is 0. The van der Waals surface area contributed by atoms with Gasteiger partial charge in [0.1, 0.15) is 59.1 Å². The van der Waals surface area contributed by atoms with E-state index in [0.717, 1.165) is 12.1 Å². The van der Waals surface area contributed by atoms with Gasteiger partial charge in [0.2, 0.25) is 11.2 Å². The van der Waals surface area contributed by atoms with Crippen LogP contribution in [0.25, 0.3) is 22.3 Å². The third-order valence-corrected chi connectivity index (χ3v) is 7.85. The monoisotopic (exact) mass is 624 g/mol. The lowest BCUT2D eigenvalue weighted by atomic mass is 9.83. The topological polar surface area (TPSA) is 269 Å². The van der Waals surface area contributed by atoms with E-state index in [9.17, 15) is 55.9 Å². The summed E-state index contributed by atoms with van der Waals surface area (Å²) in [4.78, 5) is 14.0. The molecule has 1 aromatic heterocycles. The lowest BCUT2D eigenvalue weighted by Crippen LogP contribution is -2.76. The fourth-order valence-corrected chi connectivity index (χ4v) is 5.47. The van der Waals surface area contributed by atoms with Crippen molar-refractivity contribution in [2.24, 2.45) is 0 Å². The molecule has 5 rings (SSSR count). The Morgan fingerprint density at radius 2 is 1.59 bits per heavy atom. The lowest BCUT2D eigenvalue weighted by molar-refractivity contribution is -0.392. The van der Waals surface area contributed by atoms with Gasteiger partial charge in [-0.15, -0.1) is 0 Å². The number of aromatic hydroxyl groups is 3. The van der Waals surface area contributed by atoms with Gasteiger partial charge in [-0.05, 0) is 25.1 Å². The maximum atomic E-state index is 14.0. The number of benzene rings is 2. The molecule has 0 unspecified atom stereocenters. The average Bonchev–Trinajstić information content (AvgIpc) is 2.98. The van der Waals surface area contributed by atoms with Crippen LogP contribution in [-0.2, 0) is 9.47 Å². The van der Waals surface area contributed by atoms with E-state index in [1.165, 1.54) is 32.2 Å². The van der Waals surface area contributed by atoms with Crippen LogP contribution in [0, 0.1) is 0 Å². The van der Waals surface area contributed by atoms with Gasteiger partial charge in [0, 0.05) is 17.7 Å². The molecular weight excluding hydrogens is 592 g/mol. The van der Waals surface area contributed by atoms with E-state index in [4.69, 9.17) is 23.4 Å². The molecule has 0 spiro atoms. The summed E-state index contributed by atoms with van der Waals surface area (Å²) in [6, 6.07) is 5.55. The van der Waals surface area contributed by atoms with Crippen LogP contribution in [0.2, 0.25) is 0 Å². The molecule has 10 atom stereocenters. The third-order valence-electron chi connectivity index (χ3n) is 7.85. The first kappa shape index (κ1) is 31.7. The van der Waals surface area contributed by atoms with Crippen LogP contribution in [-0.4, -0.2) is 126 Å². The SMILES string of the molecule is COc1cc(-c2oc3cc(O)cc(O)c3c(=O)c2O[C@@]2([C@H]3O[C@@H](CO)[C@@H](O)[C@@H](O)[C@@H]3O)O[C@@H](C)[C@H](O)[C@H](O)[C@@H]2O)ccc1O. The van der Waals surface area contributed by atoms with Gasteiger partial charge in [0.25, 0.3) is 5.79 Å². The Morgan fingerprint density at radius 1 is 0.886 bits per heavy atom. The van der Waals surface area contributed by atoms with Gasteiger partial charge < -0.3 is 74.4 Å². The third kappa shape index (κ3) is 4.99. The van der Waals surface area contributed by atoms with E-state index >= 15 is 0 Å². The van der Waals surface area contributed by atoms with Gasteiger partial charge >= 0.3 is 0 Å². The predicted octanol–water partition coefficient (Wildman–Crippen LogP) is -2.00. The van der Waals surface area contributed by atoms with Crippen molar-refractivity contribution in [1.29, 1.82) is 0 Å². The summed E-state index contributed by atoms with van der Waals surface area (Å²) in [7, 11) is 1.25. The number of phenols is 3. The van der Waals surface area contributed by atoms with Crippen LogP contribution in [0.1, 0.15) is 6.92 Å².